The maximum atomic E-state index is 6.40. The molecule has 0 aliphatic carbocycles. The summed E-state index contributed by atoms with van der Waals surface area (Å²) in [6.45, 7) is 25.7. The van der Waals surface area contributed by atoms with Gasteiger partial charge in [0.05, 0.1) is 7.74 Å². The van der Waals surface area contributed by atoms with Gasteiger partial charge in [-0.25, -0.2) is 0 Å². The molecule has 0 unspecified atom stereocenters. The van der Waals surface area contributed by atoms with Crippen LogP contribution in [0.25, 0.3) is 0 Å². The molecule has 0 N–H and O–H groups in total. The summed E-state index contributed by atoms with van der Waals surface area (Å²) in [5, 5.41) is 2.57. The Kier molecular flexibility index (Phi) is 9.66. The Labute approximate surface area is 216 Å². The van der Waals surface area contributed by atoms with Crippen LogP contribution < -0.4 is 20.1 Å². The molecule has 2 rings (SSSR count). The Morgan fingerprint density at radius 2 is 1.00 bits per heavy atom. The van der Waals surface area contributed by atoms with Gasteiger partial charge in [0.1, 0.15) is 11.5 Å². The molecular formula is C29H47O4PSi. The fourth-order valence-electron chi connectivity index (χ4n) is 4.35. The van der Waals surface area contributed by atoms with Gasteiger partial charge in [0, 0.05) is 36.0 Å². The predicted molar refractivity (Wildman–Crippen MR) is 154 cm³/mol. The van der Waals surface area contributed by atoms with Crippen molar-refractivity contribution in [3.05, 3.63) is 46.5 Å². The van der Waals surface area contributed by atoms with E-state index in [0.717, 1.165) is 11.5 Å². The third-order valence-corrected chi connectivity index (χ3v) is 14.3. The smallest absolute Gasteiger partial charge is 0.188 e. The minimum atomic E-state index is -1.80. The molecule has 0 fully saturated rings. The summed E-state index contributed by atoms with van der Waals surface area (Å²) >= 11 is 0. The molecule has 0 bridgehead atoms. The molecule has 2 aromatic rings. The van der Waals surface area contributed by atoms with Gasteiger partial charge in [-0.3, -0.25) is 0 Å². The lowest BCUT2D eigenvalue weighted by Gasteiger charge is -2.37. The number of hydrogen-bond donors (Lipinski definition) is 0. The predicted octanol–water partition coefficient (Wildman–Crippen LogP) is 7.13. The summed E-state index contributed by atoms with van der Waals surface area (Å²) in [6, 6.07) is 9.21. The van der Waals surface area contributed by atoms with Crippen LogP contribution in [0.15, 0.2) is 24.3 Å². The van der Waals surface area contributed by atoms with E-state index >= 15 is 0 Å². The molecular weight excluding hydrogens is 471 g/mol. The van der Waals surface area contributed by atoms with Gasteiger partial charge >= 0.3 is 0 Å². The van der Waals surface area contributed by atoms with Gasteiger partial charge < -0.3 is 18.9 Å². The van der Waals surface area contributed by atoms with Crippen molar-refractivity contribution in [2.24, 2.45) is 0 Å². The van der Waals surface area contributed by atoms with Crippen molar-refractivity contribution in [2.75, 3.05) is 27.8 Å². The minimum absolute atomic E-state index is 0.0666. The van der Waals surface area contributed by atoms with E-state index in [9.17, 15) is 0 Å². The number of benzene rings is 2. The molecule has 0 amide bonds. The van der Waals surface area contributed by atoms with Crippen molar-refractivity contribution in [3.8, 4) is 11.5 Å². The molecule has 0 aliphatic heterocycles. The van der Waals surface area contributed by atoms with Gasteiger partial charge in [-0.2, -0.15) is 0 Å². The monoisotopic (exact) mass is 518 g/mol. The van der Waals surface area contributed by atoms with E-state index in [4.69, 9.17) is 18.9 Å². The van der Waals surface area contributed by atoms with E-state index in [1.807, 2.05) is 0 Å². The zero-order valence-corrected chi connectivity index (χ0v) is 26.2. The lowest BCUT2D eigenvalue weighted by Crippen LogP contribution is -2.34. The van der Waals surface area contributed by atoms with E-state index in [2.05, 4.69) is 99.3 Å². The van der Waals surface area contributed by atoms with Gasteiger partial charge in [0.15, 0.2) is 13.6 Å². The second kappa shape index (κ2) is 11.3. The summed E-state index contributed by atoms with van der Waals surface area (Å²) < 4.78 is 23.6. The normalized spacial score (nSPS) is 12.9. The van der Waals surface area contributed by atoms with Crippen LogP contribution in [0.5, 0.6) is 11.5 Å². The third-order valence-electron chi connectivity index (χ3n) is 5.84. The maximum Gasteiger partial charge on any atom is 0.188 e. The van der Waals surface area contributed by atoms with E-state index in [0.29, 0.717) is 0 Å². The first-order chi connectivity index (χ1) is 16.0. The number of hydrogen-bond acceptors (Lipinski definition) is 4. The lowest BCUT2D eigenvalue weighted by molar-refractivity contribution is 0.0506. The standard InChI is InChI=1S/C29H47O4PSi/c1-20-14-22(28(3,4)5)26(32-18-30-9)24(16-20)34(35(11,12)13)25-17-21(2)15-23(29(6,7)8)27(25)33-19-31-10/h14-17H,18-19H2,1-13H3. The van der Waals surface area contributed by atoms with Gasteiger partial charge in [-0.1, -0.05) is 80.8 Å². The average molecular weight is 519 g/mol. The molecule has 0 aromatic heterocycles. The van der Waals surface area contributed by atoms with E-state index in [1.54, 1.807) is 14.2 Å². The lowest BCUT2D eigenvalue weighted by atomic mass is 9.85. The highest BCUT2D eigenvalue weighted by Gasteiger charge is 2.37. The number of aryl methyl sites for hydroxylation is 2. The topological polar surface area (TPSA) is 36.9 Å². The zero-order valence-electron chi connectivity index (χ0n) is 24.3. The first-order valence-corrected chi connectivity index (χ1v) is 18.0. The highest BCUT2D eigenvalue weighted by molar-refractivity contribution is 8.04. The fourth-order valence-corrected chi connectivity index (χ4v) is 12.8. The van der Waals surface area contributed by atoms with Crippen LogP contribution in [-0.4, -0.2) is 35.5 Å². The summed E-state index contributed by atoms with van der Waals surface area (Å²) in [7, 11) is 0.815. The Morgan fingerprint density at radius 3 is 1.26 bits per heavy atom. The van der Waals surface area contributed by atoms with E-state index in [1.165, 1.54) is 32.9 Å². The molecule has 4 nitrogen and oxygen atoms in total. The number of ether oxygens (including phenoxy) is 4. The fraction of sp³-hybridized carbons (Fsp3) is 0.586. The highest BCUT2D eigenvalue weighted by atomic mass is 31.4. The van der Waals surface area contributed by atoms with Crippen LogP contribution in [0.4, 0.5) is 0 Å². The first-order valence-electron chi connectivity index (χ1n) is 12.4. The summed E-state index contributed by atoms with van der Waals surface area (Å²) in [5.74, 6) is 1.94. The van der Waals surface area contributed by atoms with Crippen molar-refractivity contribution in [3.63, 3.8) is 0 Å². The largest absolute Gasteiger partial charge is 0.467 e. The second-order valence-electron chi connectivity index (χ2n) is 12.4. The molecule has 196 valence electrons. The third kappa shape index (κ3) is 7.32. The van der Waals surface area contributed by atoms with E-state index < -0.39 is 15.2 Å². The molecule has 6 heteroatoms. The van der Waals surface area contributed by atoms with Crippen molar-refractivity contribution in [1.29, 1.82) is 0 Å². The molecule has 35 heavy (non-hydrogen) atoms. The summed E-state index contributed by atoms with van der Waals surface area (Å²) in [6.07, 6.45) is 0. The van der Waals surface area contributed by atoms with Gasteiger partial charge in [-0.15, -0.1) is 0 Å². The Bertz CT molecular complexity index is 938. The second-order valence-corrected chi connectivity index (χ2v) is 23.8. The van der Waals surface area contributed by atoms with Crippen LogP contribution in [0, 0.1) is 13.8 Å². The van der Waals surface area contributed by atoms with Crippen molar-refractivity contribution in [1.82, 2.24) is 0 Å². The number of methoxy groups -OCH3 is 2. The van der Waals surface area contributed by atoms with Crippen LogP contribution in [0.1, 0.15) is 63.8 Å². The van der Waals surface area contributed by atoms with Gasteiger partial charge in [0.25, 0.3) is 0 Å². The van der Waals surface area contributed by atoms with Crippen molar-refractivity contribution < 1.29 is 18.9 Å². The SMILES string of the molecule is COCOc1c(P(c2cc(C)cc(C(C)(C)C)c2OCOC)[Si](C)(C)C)cc(C)cc1C(C)(C)C. The van der Waals surface area contributed by atoms with E-state index in [-0.39, 0.29) is 24.4 Å². The van der Waals surface area contributed by atoms with Crippen LogP contribution in [0.2, 0.25) is 19.6 Å². The number of rotatable bonds is 9. The molecule has 0 heterocycles. The Morgan fingerprint density at radius 1 is 0.657 bits per heavy atom. The van der Waals surface area contributed by atoms with Gasteiger partial charge in [0.2, 0.25) is 0 Å². The summed E-state index contributed by atoms with van der Waals surface area (Å²) in [4.78, 5) is 0. The Hall–Kier alpha value is -1.39. The molecule has 0 saturated heterocycles. The van der Waals surface area contributed by atoms with Crippen molar-refractivity contribution in [2.45, 2.75) is 85.9 Å². The quantitative estimate of drug-likeness (QED) is 0.201. The Balaban J connectivity index is 3.02. The molecule has 0 spiro atoms. The van der Waals surface area contributed by atoms with Gasteiger partial charge in [-0.05, 0) is 47.9 Å². The minimum Gasteiger partial charge on any atom is -0.467 e. The molecule has 0 radical (unpaired) electrons. The van der Waals surface area contributed by atoms with Crippen LogP contribution in [0.3, 0.4) is 0 Å². The molecule has 0 aliphatic rings. The summed E-state index contributed by atoms with van der Waals surface area (Å²) in [5.41, 5.74) is 4.81. The van der Waals surface area contributed by atoms with Crippen LogP contribution >= 0.6 is 7.47 Å². The average Bonchev–Trinajstić information content (AvgIpc) is 2.69. The molecule has 0 saturated carbocycles. The highest BCUT2D eigenvalue weighted by Crippen LogP contribution is 2.52. The zero-order chi connectivity index (χ0) is 26.8. The molecule has 2 aromatic carbocycles. The first kappa shape index (κ1) is 29.8. The molecule has 0 atom stereocenters. The van der Waals surface area contributed by atoms with Crippen LogP contribution in [-0.2, 0) is 20.3 Å². The maximum absolute atomic E-state index is 6.40. The van der Waals surface area contributed by atoms with Crippen molar-refractivity contribution >= 4 is 25.8 Å².